The fraction of sp³-hybridized carbons (Fsp3) is 0.900. The molecule has 2 atom stereocenters. The Balaban J connectivity index is 2.05. The summed E-state index contributed by atoms with van der Waals surface area (Å²) < 4.78 is 11.1. The first-order valence-corrected chi connectivity index (χ1v) is 7.10. The summed E-state index contributed by atoms with van der Waals surface area (Å²) in [5.41, 5.74) is 0. The second-order valence-electron chi connectivity index (χ2n) is 3.90. The van der Waals surface area contributed by atoms with Crippen LogP contribution in [0.25, 0.3) is 0 Å². The Bertz CT molecular complexity index is 233. The SMILES string of the molecule is CCCCCNC(=O)NC1CCS(=O)C1. The number of hydrogen-bond donors (Lipinski definition) is 2. The maximum Gasteiger partial charge on any atom is 0.315 e. The van der Waals surface area contributed by atoms with Gasteiger partial charge in [-0.15, -0.1) is 0 Å². The van der Waals surface area contributed by atoms with Crippen molar-refractivity contribution in [1.82, 2.24) is 10.6 Å². The van der Waals surface area contributed by atoms with E-state index < -0.39 is 10.8 Å². The lowest BCUT2D eigenvalue weighted by molar-refractivity contribution is 0.238. The van der Waals surface area contributed by atoms with Gasteiger partial charge in [-0.25, -0.2) is 4.79 Å². The monoisotopic (exact) mass is 232 g/mol. The van der Waals surface area contributed by atoms with Gasteiger partial charge in [0.05, 0.1) is 0 Å². The summed E-state index contributed by atoms with van der Waals surface area (Å²) in [7, 11) is -0.721. The number of rotatable bonds is 5. The van der Waals surface area contributed by atoms with E-state index >= 15 is 0 Å². The van der Waals surface area contributed by atoms with E-state index in [0.717, 1.165) is 38.0 Å². The number of carbonyl (C=O) groups is 1. The van der Waals surface area contributed by atoms with Gasteiger partial charge in [-0.05, 0) is 12.8 Å². The first-order chi connectivity index (χ1) is 7.22. The van der Waals surface area contributed by atoms with Crippen LogP contribution in [0.15, 0.2) is 0 Å². The quantitative estimate of drug-likeness (QED) is 0.695. The molecule has 1 fully saturated rings. The van der Waals surface area contributed by atoms with Crippen LogP contribution in [-0.4, -0.2) is 34.3 Å². The van der Waals surface area contributed by atoms with Crippen molar-refractivity contribution in [3.8, 4) is 0 Å². The van der Waals surface area contributed by atoms with Crippen molar-refractivity contribution in [3.05, 3.63) is 0 Å². The van der Waals surface area contributed by atoms with Crippen molar-refractivity contribution >= 4 is 16.8 Å². The molecule has 0 saturated carbocycles. The number of nitrogens with one attached hydrogen (secondary N) is 2. The normalized spacial score (nSPS) is 25.1. The summed E-state index contributed by atoms with van der Waals surface area (Å²) in [4.78, 5) is 11.3. The molecule has 4 nitrogen and oxygen atoms in total. The van der Waals surface area contributed by atoms with Crippen molar-refractivity contribution < 1.29 is 9.00 Å². The van der Waals surface area contributed by atoms with E-state index in [4.69, 9.17) is 0 Å². The molecule has 0 aromatic carbocycles. The minimum Gasteiger partial charge on any atom is -0.338 e. The van der Waals surface area contributed by atoms with Gasteiger partial charge in [0, 0.05) is 34.9 Å². The molecule has 88 valence electrons. The van der Waals surface area contributed by atoms with E-state index in [9.17, 15) is 9.00 Å². The molecule has 15 heavy (non-hydrogen) atoms. The van der Waals surface area contributed by atoms with E-state index in [0.29, 0.717) is 5.75 Å². The van der Waals surface area contributed by atoms with Gasteiger partial charge in [0.2, 0.25) is 0 Å². The van der Waals surface area contributed by atoms with Crippen LogP contribution in [0.5, 0.6) is 0 Å². The van der Waals surface area contributed by atoms with Crippen LogP contribution in [0.3, 0.4) is 0 Å². The van der Waals surface area contributed by atoms with Crippen molar-refractivity contribution in [2.24, 2.45) is 0 Å². The summed E-state index contributed by atoms with van der Waals surface area (Å²) in [6.45, 7) is 2.86. The summed E-state index contributed by atoms with van der Waals surface area (Å²) in [5, 5.41) is 5.65. The standard InChI is InChI=1S/C10H20N2O2S/c1-2-3-4-6-11-10(13)12-9-5-7-15(14)8-9/h9H,2-8H2,1H3,(H2,11,12,13). The fourth-order valence-electron chi connectivity index (χ4n) is 1.59. The Kier molecular flexibility index (Phi) is 5.68. The van der Waals surface area contributed by atoms with Crippen LogP contribution in [0.4, 0.5) is 4.79 Å². The second kappa shape index (κ2) is 6.82. The predicted octanol–water partition coefficient (Wildman–Crippen LogP) is 0.997. The molecular formula is C10H20N2O2S. The van der Waals surface area contributed by atoms with Crippen LogP contribution in [-0.2, 0) is 10.8 Å². The van der Waals surface area contributed by atoms with Gasteiger partial charge in [0.1, 0.15) is 0 Å². The summed E-state index contributed by atoms with van der Waals surface area (Å²) in [6, 6.07) is -0.00740. The summed E-state index contributed by atoms with van der Waals surface area (Å²) in [6.07, 6.45) is 4.17. The van der Waals surface area contributed by atoms with Gasteiger partial charge >= 0.3 is 6.03 Å². The van der Waals surface area contributed by atoms with Crippen molar-refractivity contribution in [1.29, 1.82) is 0 Å². The van der Waals surface area contributed by atoms with Crippen molar-refractivity contribution in [3.63, 3.8) is 0 Å². The number of urea groups is 1. The molecule has 1 saturated heterocycles. The minimum absolute atomic E-state index is 0.108. The molecule has 1 heterocycles. The van der Waals surface area contributed by atoms with E-state index in [1.165, 1.54) is 0 Å². The third-order valence-corrected chi connectivity index (χ3v) is 3.95. The third-order valence-electron chi connectivity index (χ3n) is 2.48. The molecule has 0 aromatic heterocycles. The maximum absolute atomic E-state index is 11.3. The Morgan fingerprint density at radius 2 is 2.27 bits per heavy atom. The largest absolute Gasteiger partial charge is 0.338 e. The minimum atomic E-state index is -0.721. The highest BCUT2D eigenvalue weighted by atomic mass is 32.2. The average Bonchev–Trinajstić information content (AvgIpc) is 2.59. The highest BCUT2D eigenvalue weighted by molar-refractivity contribution is 7.85. The maximum atomic E-state index is 11.3. The molecule has 5 heteroatoms. The molecular weight excluding hydrogens is 212 g/mol. The molecule has 0 aromatic rings. The first kappa shape index (κ1) is 12.5. The highest BCUT2D eigenvalue weighted by Gasteiger charge is 2.22. The van der Waals surface area contributed by atoms with E-state index in [2.05, 4.69) is 17.6 Å². The molecule has 2 N–H and O–H groups in total. The number of carbonyl (C=O) groups excluding carboxylic acids is 1. The summed E-state index contributed by atoms with van der Waals surface area (Å²) in [5.74, 6) is 1.34. The van der Waals surface area contributed by atoms with Gasteiger partial charge in [-0.3, -0.25) is 4.21 Å². The lowest BCUT2D eigenvalue weighted by atomic mass is 10.2. The zero-order valence-corrected chi connectivity index (χ0v) is 10.1. The number of unbranched alkanes of at least 4 members (excludes halogenated alkanes) is 2. The molecule has 0 radical (unpaired) electrons. The molecule has 0 spiro atoms. The van der Waals surface area contributed by atoms with Crippen LogP contribution in [0.1, 0.15) is 32.6 Å². The molecule has 2 amide bonds. The van der Waals surface area contributed by atoms with Crippen LogP contribution in [0.2, 0.25) is 0 Å². The Hall–Kier alpha value is -0.580. The van der Waals surface area contributed by atoms with Crippen molar-refractivity contribution in [2.75, 3.05) is 18.1 Å². The average molecular weight is 232 g/mol. The molecule has 2 unspecified atom stereocenters. The van der Waals surface area contributed by atoms with E-state index in [1.54, 1.807) is 0 Å². The lowest BCUT2D eigenvalue weighted by Crippen LogP contribution is -2.42. The van der Waals surface area contributed by atoms with Crippen LogP contribution >= 0.6 is 0 Å². The zero-order valence-electron chi connectivity index (χ0n) is 9.25. The van der Waals surface area contributed by atoms with Gasteiger partial charge in [-0.2, -0.15) is 0 Å². The molecule has 0 bridgehead atoms. The van der Waals surface area contributed by atoms with Gasteiger partial charge < -0.3 is 10.6 Å². The summed E-state index contributed by atoms with van der Waals surface area (Å²) >= 11 is 0. The predicted molar refractivity (Wildman–Crippen MR) is 62.3 cm³/mol. The first-order valence-electron chi connectivity index (χ1n) is 5.61. The molecule has 1 aliphatic rings. The van der Waals surface area contributed by atoms with Crippen LogP contribution < -0.4 is 10.6 Å². The Morgan fingerprint density at radius 3 is 2.87 bits per heavy atom. The molecule has 1 aliphatic heterocycles. The molecule has 1 rings (SSSR count). The molecule has 0 aliphatic carbocycles. The fourth-order valence-corrected chi connectivity index (χ4v) is 3.00. The highest BCUT2D eigenvalue weighted by Crippen LogP contribution is 2.06. The van der Waals surface area contributed by atoms with Crippen molar-refractivity contribution in [2.45, 2.75) is 38.6 Å². The Labute approximate surface area is 93.7 Å². The number of hydrogen-bond acceptors (Lipinski definition) is 2. The van der Waals surface area contributed by atoms with E-state index in [-0.39, 0.29) is 12.1 Å². The zero-order chi connectivity index (χ0) is 11.1. The third kappa shape index (κ3) is 5.16. The second-order valence-corrected chi connectivity index (χ2v) is 5.52. The van der Waals surface area contributed by atoms with E-state index in [1.807, 2.05) is 0 Å². The van der Waals surface area contributed by atoms with Gasteiger partial charge in [0.25, 0.3) is 0 Å². The lowest BCUT2D eigenvalue weighted by Gasteiger charge is -2.11. The smallest absolute Gasteiger partial charge is 0.315 e. The number of amides is 2. The van der Waals surface area contributed by atoms with Gasteiger partial charge in [0.15, 0.2) is 0 Å². The van der Waals surface area contributed by atoms with Crippen LogP contribution in [0, 0.1) is 0 Å². The topological polar surface area (TPSA) is 58.2 Å². The van der Waals surface area contributed by atoms with Gasteiger partial charge in [-0.1, -0.05) is 19.8 Å². The Morgan fingerprint density at radius 1 is 1.47 bits per heavy atom.